The predicted molar refractivity (Wildman–Crippen MR) is 79.6 cm³/mol. The lowest BCUT2D eigenvalue weighted by Crippen LogP contribution is -2.34. The summed E-state index contributed by atoms with van der Waals surface area (Å²) in [6.07, 6.45) is 3.77. The van der Waals surface area contributed by atoms with Crippen LogP contribution in [0, 0.1) is 17.2 Å². The van der Waals surface area contributed by atoms with E-state index in [1.54, 1.807) is 6.08 Å². The number of likely N-dealkylation sites (tertiary alicyclic amines) is 1. The summed E-state index contributed by atoms with van der Waals surface area (Å²) < 4.78 is 0. The second-order valence-electron chi connectivity index (χ2n) is 5.37. The first-order valence-corrected chi connectivity index (χ1v) is 6.79. The van der Waals surface area contributed by atoms with Gasteiger partial charge in [0.1, 0.15) is 11.8 Å². The zero-order chi connectivity index (χ0) is 14.4. The van der Waals surface area contributed by atoms with Gasteiger partial charge in [0.15, 0.2) is 0 Å². The largest absolute Gasteiger partial charge is 0.390 e. The fourth-order valence-corrected chi connectivity index (χ4v) is 2.13. The summed E-state index contributed by atoms with van der Waals surface area (Å²) in [5.74, 6) is 0.283. The smallest absolute Gasteiger partial charge is 0.117 e. The van der Waals surface area contributed by atoms with Gasteiger partial charge in [-0.3, -0.25) is 4.99 Å². The van der Waals surface area contributed by atoms with Crippen LogP contribution in [0.1, 0.15) is 33.6 Å². The minimum Gasteiger partial charge on any atom is -0.390 e. The Labute approximate surface area is 116 Å². The van der Waals surface area contributed by atoms with Crippen molar-refractivity contribution in [2.75, 3.05) is 13.1 Å². The Morgan fingerprint density at radius 2 is 2.05 bits per heavy atom. The van der Waals surface area contributed by atoms with Crippen molar-refractivity contribution in [3.05, 3.63) is 24.0 Å². The highest BCUT2D eigenvalue weighted by molar-refractivity contribution is 5.97. The Morgan fingerprint density at radius 1 is 1.47 bits per heavy atom. The first-order valence-electron chi connectivity index (χ1n) is 6.79. The maximum Gasteiger partial charge on any atom is 0.117 e. The van der Waals surface area contributed by atoms with E-state index in [1.807, 2.05) is 13.0 Å². The molecule has 0 radical (unpaired) electrons. The summed E-state index contributed by atoms with van der Waals surface area (Å²) >= 11 is 0. The number of nitrogens with zero attached hydrogens (tertiary/aromatic N) is 3. The maximum atomic E-state index is 8.75. The van der Waals surface area contributed by atoms with Crippen LogP contribution in [0.3, 0.4) is 0 Å². The number of nitriles is 1. The second kappa shape index (κ2) is 6.98. The van der Waals surface area contributed by atoms with Gasteiger partial charge in [-0.05, 0) is 31.8 Å². The summed E-state index contributed by atoms with van der Waals surface area (Å²) in [6.45, 7) is 12.2. The molecule has 0 aromatic heterocycles. The molecular formula is C15H24N4. The Bertz CT molecular complexity index is 418. The van der Waals surface area contributed by atoms with Crippen molar-refractivity contribution in [1.82, 2.24) is 4.90 Å². The normalized spacial score (nSPS) is 18.6. The Hall–Kier alpha value is -1.76. The third-order valence-electron chi connectivity index (χ3n) is 3.36. The molecule has 0 unspecified atom stereocenters. The summed E-state index contributed by atoms with van der Waals surface area (Å²) in [6, 6.07) is 2.28. The molecule has 0 atom stereocenters. The van der Waals surface area contributed by atoms with E-state index in [-0.39, 0.29) is 11.6 Å². The molecule has 0 aromatic carbocycles. The summed E-state index contributed by atoms with van der Waals surface area (Å²) in [7, 11) is 0. The molecule has 4 heteroatoms. The Kier molecular flexibility index (Phi) is 5.62. The molecule has 1 fully saturated rings. The average Bonchev–Trinajstić information content (AvgIpc) is 2.38. The van der Waals surface area contributed by atoms with E-state index in [9.17, 15) is 0 Å². The van der Waals surface area contributed by atoms with Gasteiger partial charge in [-0.25, -0.2) is 0 Å². The van der Waals surface area contributed by atoms with Crippen molar-refractivity contribution in [3.63, 3.8) is 0 Å². The first-order chi connectivity index (χ1) is 8.93. The van der Waals surface area contributed by atoms with Crippen LogP contribution < -0.4 is 5.73 Å². The van der Waals surface area contributed by atoms with Crippen LogP contribution in [-0.2, 0) is 0 Å². The summed E-state index contributed by atoms with van der Waals surface area (Å²) in [5, 5.41) is 8.75. The molecule has 4 nitrogen and oxygen atoms in total. The van der Waals surface area contributed by atoms with Crippen LogP contribution in [0.4, 0.5) is 0 Å². The fourth-order valence-electron chi connectivity index (χ4n) is 2.13. The molecule has 0 amide bonds. The predicted octanol–water partition coefficient (Wildman–Crippen LogP) is 2.45. The molecule has 0 aromatic rings. The van der Waals surface area contributed by atoms with E-state index < -0.39 is 0 Å². The van der Waals surface area contributed by atoms with Gasteiger partial charge in [-0.15, -0.1) is 0 Å². The number of aliphatic imine (C=N–C) groups is 1. The van der Waals surface area contributed by atoms with E-state index >= 15 is 0 Å². The molecule has 19 heavy (non-hydrogen) atoms. The van der Waals surface area contributed by atoms with E-state index in [2.05, 4.69) is 25.3 Å². The molecule has 1 rings (SSSR count). The lowest BCUT2D eigenvalue weighted by Gasteiger charge is -2.32. The first kappa shape index (κ1) is 15.3. The fraction of sp³-hybridized carbons (Fsp3) is 0.600. The summed E-state index contributed by atoms with van der Waals surface area (Å²) in [4.78, 5) is 7.06. The minimum absolute atomic E-state index is 0.229. The van der Waals surface area contributed by atoms with E-state index in [1.165, 1.54) is 0 Å². The third kappa shape index (κ3) is 4.78. The SMILES string of the molecule is C=C(C)N1CCC(N=C(C=C(N)C#N)C(C)C)CC1. The van der Waals surface area contributed by atoms with Crippen molar-refractivity contribution in [1.29, 1.82) is 5.26 Å². The van der Waals surface area contributed by atoms with Gasteiger partial charge >= 0.3 is 0 Å². The Morgan fingerprint density at radius 3 is 2.47 bits per heavy atom. The monoisotopic (exact) mass is 260 g/mol. The van der Waals surface area contributed by atoms with Gasteiger partial charge < -0.3 is 10.6 Å². The molecule has 0 bridgehead atoms. The average molecular weight is 260 g/mol. The lowest BCUT2D eigenvalue weighted by molar-refractivity contribution is 0.266. The van der Waals surface area contributed by atoms with Crippen LogP contribution in [-0.4, -0.2) is 29.7 Å². The van der Waals surface area contributed by atoms with Crippen molar-refractivity contribution in [2.24, 2.45) is 16.6 Å². The van der Waals surface area contributed by atoms with Gasteiger partial charge in [0.05, 0.1) is 6.04 Å². The molecule has 0 spiro atoms. The number of hydrogen-bond acceptors (Lipinski definition) is 4. The van der Waals surface area contributed by atoms with Crippen LogP contribution in [0.15, 0.2) is 29.0 Å². The van der Waals surface area contributed by atoms with Crippen LogP contribution >= 0.6 is 0 Å². The molecule has 1 aliphatic rings. The third-order valence-corrected chi connectivity index (χ3v) is 3.36. The van der Waals surface area contributed by atoms with E-state index in [4.69, 9.17) is 16.0 Å². The van der Waals surface area contributed by atoms with Crippen LogP contribution in [0.25, 0.3) is 0 Å². The zero-order valence-corrected chi connectivity index (χ0v) is 12.2. The highest BCUT2D eigenvalue weighted by Crippen LogP contribution is 2.18. The molecule has 104 valence electrons. The van der Waals surface area contributed by atoms with E-state index in [0.29, 0.717) is 6.04 Å². The lowest BCUT2D eigenvalue weighted by atomic mass is 10.0. The Balaban J connectivity index is 2.72. The van der Waals surface area contributed by atoms with Crippen molar-refractivity contribution in [3.8, 4) is 6.07 Å². The van der Waals surface area contributed by atoms with Gasteiger partial charge in [0.25, 0.3) is 0 Å². The molecule has 2 N–H and O–H groups in total. The van der Waals surface area contributed by atoms with Crippen LogP contribution in [0.2, 0.25) is 0 Å². The van der Waals surface area contributed by atoms with Crippen molar-refractivity contribution in [2.45, 2.75) is 39.7 Å². The number of allylic oxidation sites excluding steroid dienone is 3. The zero-order valence-electron chi connectivity index (χ0n) is 12.2. The quantitative estimate of drug-likeness (QED) is 0.623. The van der Waals surface area contributed by atoms with Crippen molar-refractivity contribution < 1.29 is 0 Å². The highest BCUT2D eigenvalue weighted by atomic mass is 15.1. The number of hydrogen-bond donors (Lipinski definition) is 1. The highest BCUT2D eigenvalue weighted by Gasteiger charge is 2.18. The van der Waals surface area contributed by atoms with Crippen molar-refractivity contribution >= 4 is 5.71 Å². The molecule has 1 saturated heterocycles. The number of piperidine rings is 1. The van der Waals surface area contributed by atoms with Gasteiger partial charge in [0, 0.05) is 24.5 Å². The molecule has 1 heterocycles. The molecule has 0 aliphatic carbocycles. The van der Waals surface area contributed by atoms with E-state index in [0.717, 1.165) is 37.3 Å². The summed E-state index contributed by atoms with van der Waals surface area (Å²) in [5.41, 5.74) is 7.86. The van der Waals surface area contributed by atoms with Gasteiger partial charge in [-0.2, -0.15) is 5.26 Å². The second-order valence-corrected chi connectivity index (χ2v) is 5.37. The van der Waals surface area contributed by atoms with Gasteiger partial charge in [0.2, 0.25) is 0 Å². The maximum absolute atomic E-state index is 8.75. The standard InChI is InChI=1S/C15H24N4/c1-11(2)15(9-13(17)10-16)18-14-5-7-19(8-6-14)12(3)4/h9,11,14H,3,5-8,17H2,1-2,4H3. The molecule has 1 aliphatic heterocycles. The number of rotatable bonds is 4. The van der Waals surface area contributed by atoms with Gasteiger partial charge in [-0.1, -0.05) is 20.4 Å². The van der Waals surface area contributed by atoms with Crippen LogP contribution in [0.5, 0.6) is 0 Å². The number of nitrogens with two attached hydrogens (primary N) is 1. The molecule has 0 saturated carbocycles. The topological polar surface area (TPSA) is 65.4 Å². The minimum atomic E-state index is 0.229. The molecular weight excluding hydrogens is 236 g/mol.